The summed E-state index contributed by atoms with van der Waals surface area (Å²) in [5.74, 6) is 1.14. The predicted molar refractivity (Wildman–Crippen MR) is 113 cm³/mol. The molecule has 1 aliphatic heterocycles. The van der Waals surface area contributed by atoms with Crippen molar-refractivity contribution in [1.82, 2.24) is 19.8 Å². The van der Waals surface area contributed by atoms with E-state index in [2.05, 4.69) is 14.9 Å². The molecule has 0 bridgehead atoms. The zero-order valence-electron chi connectivity index (χ0n) is 16.9. The molecule has 1 aromatic heterocycles. The molecule has 2 amide bonds. The van der Waals surface area contributed by atoms with Crippen molar-refractivity contribution in [2.75, 3.05) is 26.7 Å². The summed E-state index contributed by atoms with van der Waals surface area (Å²) in [6.07, 6.45) is 0.555. The number of imidazole rings is 1. The van der Waals surface area contributed by atoms with Crippen LogP contribution in [-0.2, 0) is 17.8 Å². The molecule has 7 nitrogen and oxygen atoms in total. The molecule has 2 heterocycles. The number of nitrogens with one attached hydrogen (secondary N) is 1. The van der Waals surface area contributed by atoms with Crippen LogP contribution < -0.4 is 10.1 Å². The lowest BCUT2D eigenvalue weighted by Gasteiger charge is -2.20. The fraction of sp³-hybridized carbons (Fsp3) is 0.261. The van der Waals surface area contributed by atoms with Gasteiger partial charge in [0.2, 0.25) is 0 Å². The first-order chi connectivity index (χ1) is 14.7. The quantitative estimate of drug-likeness (QED) is 0.708. The first kappa shape index (κ1) is 19.7. The van der Waals surface area contributed by atoms with Crippen molar-refractivity contribution >= 4 is 11.8 Å². The van der Waals surface area contributed by atoms with Gasteiger partial charge < -0.3 is 19.5 Å². The highest BCUT2D eigenvalue weighted by atomic mass is 16.5. The fourth-order valence-electron chi connectivity index (χ4n) is 3.66. The van der Waals surface area contributed by atoms with Crippen molar-refractivity contribution in [3.8, 4) is 17.1 Å². The van der Waals surface area contributed by atoms with Crippen LogP contribution in [-0.4, -0.2) is 53.0 Å². The van der Waals surface area contributed by atoms with Crippen LogP contribution in [0.25, 0.3) is 11.4 Å². The van der Waals surface area contributed by atoms with E-state index in [1.54, 1.807) is 11.9 Å². The molecule has 30 heavy (non-hydrogen) atoms. The van der Waals surface area contributed by atoms with Crippen LogP contribution >= 0.6 is 0 Å². The molecule has 0 fully saturated rings. The fourth-order valence-corrected chi connectivity index (χ4v) is 3.66. The van der Waals surface area contributed by atoms with Crippen LogP contribution in [0.3, 0.4) is 0 Å². The highest BCUT2D eigenvalue weighted by molar-refractivity contribution is 5.94. The van der Waals surface area contributed by atoms with E-state index < -0.39 is 0 Å². The van der Waals surface area contributed by atoms with Crippen molar-refractivity contribution in [3.63, 3.8) is 0 Å². The molecule has 0 spiro atoms. The van der Waals surface area contributed by atoms with Crippen molar-refractivity contribution < 1.29 is 14.3 Å². The maximum absolute atomic E-state index is 12.7. The van der Waals surface area contributed by atoms with Gasteiger partial charge in [-0.3, -0.25) is 9.59 Å². The number of aromatic nitrogens is 2. The Hall–Kier alpha value is -3.61. The molecular formula is C23H24N4O3. The first-order valence-corrected chi connectivity index (χ1v) is 10.00. The number of hydrogen-bond acceptors (Lipinski definition) is 4. The van der Waals surface area contributed by atoms with Crippen LogP contribution in [0.4, 0.5) is 0 Å². The molecule has 4 rings (SSSR count). The number of para-hydroxylation sites is 1. The highest BCUT2D eigenvalue weighted by Gasteiger charge is 2.27. The number of fused-ring (bicyclic) bond motifs is 1. The Morgan fingerprint density at radius 1 is 1.00 bits per heavy atom. The number of benzene rings is 2. The molecule has 0 radical (unpaired) electrons. The normalized spacial score (nSPS) is 13.3. The van der Waals surface area contributed by atoms with Gasteiger partial charge in [-0.15, -0.1) is 0 Å². The van der Waals surface area contributed by atoms with E-state index in [4.69, 9.17) is 4.74 Å². The van der Waals surface area contributed by atoms with Crippen molar-refractivity contribution in [3.05, 3.63) is 72.1 Å². The molecule has 0 saturated heterocycles. The molecule has 0 unspecified atom stereocenters. The number of rotatable bonds is 5. The van der Waals surface area contributed by atoms with Gasteiger partial charge in [0, 0.05) is 38.7 Å². The Balaban J connectivity index is 1.54. The van der Waals surface area contributed by atoms with Crippen LogP contribution in [0.15, 0.2) is 60.7 Å². The summed E-state index contributed by atoms with van der Waals surface area (Å²) in [4.78, 5) is 31.6. The Kier molecular flexibility index (Phi) is 5.79. The molecule has 3 aromatic rings. The van der Waals surface area contributed by atoms with Crippen molar-refractivity contribution in [2.24, 2.45) is 0 Å². The van der Waals surface area contributed by atoms with Gasteiger partial charge in [0.05, 0.1) is 5.69 Å². The lowest BCUT2D eigenvalue weighted by atomic mass is 10.2. The molecule has 1 aliphatic rings. The van der Waals surface area contributed by atoms with E-state index in [-0.39, 0.29) is 18.4 Å². The van der Waals surface area contributed by atoms with Crippen molar-refractivity contribution in [2.45, 2.75) is 13.0 Å². The third-order valence-corrected chi connectivity index (χ3v) is 5.22. The maximum atomic E-state index is 12.7. The molecule has 0 aliphatic carbocycles. The third kappa shape index (κ3) is 4.05. The number of ether oxygens (including phenoxy) is 1. The number of carbonyl (C=O) groups excluding carboxylic acids is 2. The summed E-state index contributed by atoms with van der Waals surface area (Å²) in [7, 11) is 1.60. The van der Waals surface area contributed by atoms with Gasteiger partial charge in [0.1, 0.15) is 17.3 Å². The third-order valence-electron chi connectivity index (χ3n) is 5.22. The van der Waals surface area contributed by atoms with Crippen molar-refractivity contribution in [1.29, 1.82) is 0 Å². The van der Waals surface area contributed by atoms with Crippen LogP contribution in [0, 0.1) is 0 Å². The SMILES string of the molecule is CNC(=O)c1nc(-c2ccccc2)n2c1CCN(C(=O)COc1ccccc1)CC2. The average molecular weight is 404 g/mol. The standard InChI is InChI=1S/C23H24N4O3/c1-24-23(29)21-19-12-13-26(20(28)16-30-18-10-6-3-7-11-18)14-15-27(19)22(25-21)17-8-4-2-5-9-17/h2-11H,12-16H2,1H3,(H,24,29). The maximum Gasteiger partial charge on any atom is 0.271 e. The van der Waals surface area contributed by atoms with Crippen LogP contribution in [0.5, 0.6) is 5.75 Å². The van der Waals surface area contributed by atoms with Gasteiger partial charge in [-0.1, -0.05) is 48.5 Å². The van der Waals surface area contributed by atoms with E-state index in [9.17, 15) is 9.59 Å². The molecule has 154 valence electrons. The molecule has 2 aromatic carbocycles. The largest absolute Gasteiger partial charge is 0.484 e. The number of amides is 2. The molecule has 1 N–H and O–H groups in total. The molecule has 7 heteroatoms. The molecular weight excluding hydrogens is 380 g/mol. The molecule has 0 atom stereocenters. The summed E-state index contributed by atoms with van der Waals surface area (Å²) < 4.78 is 7.68. The smallest absolute Gasteiger partial charge is 0.271 e. The summed E-state index contributed by atoms with van der Waals surface area (Å²) in [5, 5.41) is 2.67. The first-order valence-electron chi connectivity index (χ1n) is 10.00. The highest BCUT2D eigenvalue weighted by Crippen LogP contribution is 2.25. The van der Waals surface area contributed by atoms with Gasteiger partial charge in [-0.05, 0) is 12.1 Å². The van der Waals surface area contributed by atoms with E-state index in [1.807, 2.05) is 60.7 Å². The summed E-state index contributed by atoms with van der Waals surface area (Å²) >= 11 is 0. The lowest BCUT2D eigenvalue weighted by Crippen LogP contribution is -2.37. The monoisotopic (exact) mass is 404 g/mol. The number of carbonyl (C=O) groups is 2. The Bertz CT molecular complexity index is 1030. The minimum Gasteiger partial charge on any atom is -0.484 e. The minimum absolute atomic E-state index is 0.00893. The van der Waals surface area contributed by atoms with E-state index in [0.29, 0.717) is 37.5 Å². The zero-order chi connectivity index (χ0) is 20.9. The molecule has 0 saturated carbocycles. The van der Waals surface area contributed by atoms with Gasteiger partial charge in [0.25, 0.3) is 11.8 Å². The minimum atomic E-state index is -0.215. The second-order valence-electron chi connectivity index (χ2n) is 7.06. The van der Waals surface area contributed by atoms with Gasteiger partial charge in [-0.2, -0.15) is 0 Å². The summed E-state index contributed by atoms with van der Waals surface area (Å²) in [6.45, 7) is 1.61. The Labute approximate surface area is 175 Å². The zero-order valence-corrected chi connectivity index (χ0v) is 16.9. The number of nitrogens with zero attached hydrogens (tertiary/aromatic N) is 3. The van der Waals surface area contributed by atoms with E-state index >= 15 is 0 Å². The number of hydrogen-bond donors (Lipinski definition) is 1. The van der Waals surface area contributed by atoms with Gasteiger partial charge in [0.15, 0.2) is 6.61 Å². The van der Waals surface area contributed by atoms with Gasteiger partial charge in [-0.25, -0.2) is 4.98 Å². The lowest BCUT2D eigenvalue weighted by molar-refractivity contribution is -0.133. The van der Waals surface area contributed by atoms with Crippen LogP contribution in [0.1, 0.15) is 16.2 Å². The second-order valence-corrected chi connectivity index (χ2v) is 7.06. The Morgan fingerprint density at radius 2 is 1.70 bits per heavy atom. The Morgan fingerprint density at radius 3 is 2.40 bits per heavy atom. The van der Waals surface area contributed by atoms with Gasteiger partial charge >= 0.3 is 0 Å². The van der Waals surface area contributed by atoms with Crippen LogP contribution in [0.2, 0.25) is 0 Å². The van der Waals surface area contributed by atoms with E-state index in [1.165, 1.54) is 0 Å². The second kappa shape index (κ2) is 8.82. The average Bonchev–Trinajstić information content (AvgIpc) is 3.02. The topological polar surface area (TPSA) is 76.5 Å². The summed E-state index contributed by atoms with van der Waals surface area (Å²) in [6, 6.07) is 19.1. The van der Waals surface area contributed by atoms with E-state index in [0.717, 1.165) is 17.1 Å². The predicted octanol–water partition coefficient (Wildman–Crippen LogP) is 2.37. The summed E-state index contributed by atoms with van der Waals surface area (Å²) in [5.41, 5.74) is 2.22.